The molecular weight excluding hydrogens is 404 g/mol. The second-order valence-corrected chi connectivity index (χ2v) is 7.38. The van der Waals surface area contributed by atoms with E-state index in [0.717, 1.165) is 16.9 Å². The first-order valence-electron chi connectivity index (χ1n) is 8.02. The van der Waals surface area contributed by atoms with Crippen molar-refractivity contribution in [2.75, 3.05) is 5.43 Å². The Hall–Kier alpha value is -3.07. The van der Waals surface area contributed by atoms with Gasteiger partial charge in [-0.05, 0) is 29.3 Å². The van der Waals surface area contributed by atoms with E-state index in [1.54, 1.807) is 18.2 Å². The van der Waals surface area contributed by atoms with Crippen molar-refractivity contribution in [1.29, 1.82) is 0 Å². The summed E-state index contributed by atoms with van der Waals surface area (Å²) in [6, 6.07) is 12.7. The molecule has 28 heavy (non-hydrogen) atoms. The number of aliphatic hydroxyl groups excluding tert-OH is 1. The minimum absolute atomic E-state index is 0.152. The number of carboxylic acids is 1. The van der Waals surface area contributed by atoms with Crippen LogP contribution in [-0.2, 0) is 6.61 Å². The third kappa shape index (κ3) is 4.09. The van der Waals surface area contributed by atoms with Gasteiger partial charge in [-0.2, -0.15) is 0 Å². The molecule has 3 rings (SSSR count). The summed E-state index contributed by atoms with van der Waals surface area (Å²) < 4.78 is 0.412. The number of amides is 1. The maximum absolute atomic E-state index is 12.4. The van der Waals surface area contributed by atoms with E-state index < -0.39 is 17.6 Å². The number of anilines is 1. The lowest BCUT2D eigenvalue weighted by molar-refractivity contribution is 0.0693. The summed E-state index contributed by atoms with van der Waals surface area (Å²) in [6.45, 7) is -0.152. The Bertz CT molecular complexity index is 1050. The first-order chi connectivity index (χ1) is 13.4. The number of hydrogen-bond acceptors (Lipinski definition) is 6. The number of halogens is 1. The third-order valence-corrected chi connectivity index (χ3v) is 5.29. The monoisotopic (exact) mass is 418 g/mol. The van der Waals surface area contributed by atoms with E-state index in [-0.39, 0.29) is 12.2 Å². The van der Waals surface area contributed by atoms with Crippen molar-refractivity contribution in [1.82, 2.24) is 5.43 Å². The fourth-order valence-corrected chi connectivity index (χ4v) is 3.76. The molecule has 0 aliphatic carbocycles. The average molecular weight is 419 g/mol. The van der Waals surface area contributed by atoms with Gasteiger partial charge in [-0.3, -0.25) is 15.6 Å². The minimum Gasteiger partial charge on any atom is -0.507 e. The molecule has 0 bridgehead atoms. The lowest BCUT2D eigenvalue weighted by Gasteiger charge is -2.09. The maximum atomic E-state index is 12.4. The standard InChI is InChI=1S/C19H15ClN2O5S/c20-17-14(12-4-2-1-3-10(12)9-23)8-16(28-17)18(25)22-21-11-5-6-13(19(26)27)15(24)7-11/h1-8,21,23-24H,9H2,(H,22,25)(H,26,27). The number of carbonyl (C=O) groups excluding carboxylic acids is 1. The molecule has 1 aromatic heterocycles. The van der Waals surface area contributed by atoms with Crippen molar-refractivity contribution < 1.29 is 24.9 Å². The number of benzene rings is 2. The predicted octanol–water partition coefficient (Wildman–Crippen LogP) is 3.72. The Morgan fingerprint density at radius 3 is 2.50 bits per heavy atom. The maximum Gasteiger partial charge on any atom is 0.339 e. The van der Waals surface area contributed by atoms with Crippen molar-refractivity contribution in [2.24, 2.45) is 0 Å². The molecule has 7 nitrogen and oxygen atoms in total. The van der Waals surface area contributed by atoms with E-state index in [2.05, 4.69) is 10.9 Å². The van der Waals surface area contributed by atoms with Crippen LogP contribution in [0.15, 0.2) is 48.5 Å². The van der Waals surface area contributed by atoms with Crippen LogP contribution in [0.25, 0.3) is 11.1 Å². The minimum atomic E-state index is -1.25. The zero-order chi connectivity index (χ0) is 20.3. The molecule has 0 radical (unpaired) electrons. The van der Waals surface area contributed by atoms with Gasteiger partial charge in [0, 0.05) is 11.6 Å². The number of carbonyl (C=O) groups is 2. The normalized spacial score (nSPS) is 10.5. The summed E-state index contributed by atoms with van der Waals surface area (Å²) in [6.07, 6.45) is 0. The fourth-order valence-electron chi connectivity index (χ4n) is 2.57. The van der Waals surface area contributed by atoms with Gasteiger partial charge in [0.25, 0.3) is 5.91 Å². The van der Waals surface area contributed by atoms with Gasteiger partial charge in [-0.1, -0.05) is 35.9 Å². The van der Waals surface area contributed by atoms with Crippen molar-refractivity contribution in [3.63, 3.8) is 0 Å². The largest absolute Gasteiger partial charge is 0.507 e. The predicted molar refractivity (Wildman–Crippen MR) is 107 cm³/mol. The van der Waals surface area contributed by atoms with Crippen LogP contribution in [0.1, 0.15) is 25.6 Å². The first-order valence-corrected chi connectivity index (χ1v) is 9.21. The SMILES string of the molecule is O=C(NNc1ccc(C(=O)O)c(O)c1)c1cc(-c2ccccc2CO)c(Cl)s1. The third-order valence-electron chi connectivity index (χ3n) is 3.94. The highest BCUT2D eigenvalue weighted by molar-refractivity contribution is 7.18. The van der Waals surface area contributed by atoms with Crippen LogP contribution in [0.4, 0.5) is 5.69 Å². The molecule has 0 saturated heterocycles. The van der Waals surface area contributed by atoms with E-state index in [9.17, 15) is 19.8 Å². The van der Waals surface area contributed by atoms with Crippen LogP contribution in [-0.4, -0.2) is 27.2 Å². The van der Waals surface area contributed by atoms with Crippen molar-refractivity contribution in [3.8, 4) is 16.9 Å². The molecule has 1 heterocycles. The lowest BCUT2D eigenvalue weighted by atomic mass is 10.0. The average Bonchev–Trinajstić information content (AvgIpc) is 3.07. The molecule has 0 spiro atoms. The van der Waals surface area contributed by atoms with Gasteiger partial charge in [0.2, 0.25) is 0 Å². The number of aliphatic hydroxyl groups is 1. The highest BCUT2D eigenvalue weighted by Crippen LogP contribution is 2.37. The lowest BCUT2D eigenvalue weighted by Crippen LogP contribution is -2.28. The Morgan fingerprint density at radius 2 is 1.82 bits per heavy atom. The Balaban J connectivity index is 1.75. The molecule has 0 fully saturated rings. The number of hydrogen-bond donors (Lipinski definition) is 5. The number of thiophene rings is 1. The number of aromatic hydroxyl groups is 1. The molecular formula is C19H15ClN2O5S. The number of aromatic carboxylic acids is 1. The number of nitrogens with one attached hydrogen (secondary N) is 2. The molecule has 0 aliphatic rings. The summed E-state index contributed by atoms with van der Waals surface area (Å²) in [4.78, 5) is 23.6. The smallest absolute Gasteiger partial charge is 0.339 e. The molecule has 0 saturated carbocycles. The van der Waals surface area contributed by atoms with Gasteiger partial charge in [-0.25, -0.2) is 4.79 Å². The van der Waals surface area contributed by atoms with Crippen LogP contribution in [0.5, 0.6) is 5.75 Å². The van der Waals surface area contributed by atoms with E-state index in [0.29, 0.717) is 26.0 Å². The van der Waals surface area contributed by atoms with Gasteiger partial charge >= 0.3 is 5.97 Å². The summed E-state index contributed by atoms with van der Waals surface area (Å²) in [7, 11) is 0. The zero-order valence-corrected chi connectivity index (χ0v) is 15.8. The number of carboxylic acid groups (broad SMARTS) is 1. The zero-order valence-electron chi connectivity index (χ0n) is 14.3. The molecule has 0 unspecified atom stereocenters. The van der Waals surface area contributed by atoms with E-state index in [1.165, 1.54) is 18.2 Å². The first kappa shape index (κ1) is 19.7. The van der Waals surface area contributed by atoms with Crippen molar-refractivity contribution >= 4 is 40.5 Å². The van der Waals surface area contributed by atoms with Gasteiger partial charge in [0.1, 0.15) is 15.6 Å². The van der Waals surface area contributed by atoms with Gasteiger partial charge in [0.15, 0.2) is 0 Å². The Kier molecular flexibility index (Phi) is 5.84. The molecule has 3 aromatic rings. The summed E-state index contributed by atoms with van der Waals surface area (Å²) in [5.41, 5.74) is 7.23. The van der Waals surface area contributed by atoms with Crippen molar-refractivity contribution in [3.05, 3.63) is 68.9 Å². The Labute approximate surface area is 168 Å². The number of hydrazine groups is 1. The second-order valence-electron chi connectivity index (χ2n) is 5.73. The second kappa shape index (κ2) is 8.30. The molecule has 144 valence electrons. The van der Waals surface area contributed by atoms with Gasteiger partial charge < -0.3 is 15.3 Å². The van der Waals surface area contributed by atoms with Crippen LogP contribution >= 0.6 is 22.9 Å². The fraction of sp³-hybridized carbons (Fsp3) is 0.0526. The van der Waals surface area contributed by atoms with Crippen LogP contribution in [0.2, 0.25) is 4.34 Å². The highest BCUT2D eigenvalue weighted by Gasteiger charge is 2.17. The summed E-state index contributed by atoms with van der Waals surface area (Å²) in [5.74, 6) is -2.13. The molecule has 2 aromatic carbocycles. The Morgan fingerprint density at radius 1 is 1.07 bits per heavy atom. The molecule has 9 heteroatoms. The van der Waals surface area contributed by atoms with E-state index >= 15 is 0 Å². The van der Waals surface area contributed by atoms with Crippen molar-refractivity contribution in [2.45, 2.75) is 6.61 Å². The molecule has 5 N–H and O–H groups in total. The van der Waals surface area contributed by atoms with Gasteiger partial charge in [0.05, 0.1) is 17.2 Å². The van der Waals surface area contributed by atoms with Gasteiger partial charge in [-0.15, -0.1) is 11.3 Å². The number of phenols is 1. The van der Waals surface area contributed by atoms with E-state index in [4.69, 9.17) is 16.7 Å². The topological polar surface area (TPSA) is 119 Å². The summed E-state index contributed by atoms with van der Waals surface area (Å²) in [5, 5.41) is 28.1. The molecule has 0 aliphatic heterocycles. The highest BCUT2D eigenvalue weighted by atomic mass is 35.5. The molecule has 1 amide bonds. The van der Waals surface area contributed by atoms with E-state index in [1.807, 2.05) is 12.1 Å². The summed E-state index contributed by atoms with van der Waals surface area (Å²) >= 11 is 7.37. The quantitative estimate of drug-likeness (QED) is 0.389. The number of rotatable bonds is 6. The van der Waals surface area contributed by atoms with Crippen LogP contribution in [0.3, 0.4) is 0 Å². The van der Waals surface area contributed by atoms with Crippen LogP contribution < -0.4 is 10.9 Å². The van der Waals surface area contributed by atoms with Crippen LogP contribution in [0, 0.1) is 0 Å². The molecule has 0 atom stereocenters.